The van der Waals surface area contributed by atoms with Crippen LogP contribution in [0.3, 0.4) is 0 Å². The summed E-state index contributed by atoms with van der Waals surface area (Å²) in [6.45, 7) is 0.900. The summed E-state index contributed by atoms with van der Waals surface area (Å²) in [5.74, 6) is 0.861. The van der Waals surface area contributed by atoms with Gasteiger partial charge in [0.05, 0.1) is 0 Å². The second-order valence-electron chi connectivity index (χ2n) is 2.88. The highest BCUT2D eigenvalue weighted by atomic mass is 35.5. The zero-order valence-corrected chi connectivity index (χ0v) is 7.19. The summed E-state index contributed by atoms with van der Waals surface area (Å²) in [6.07, 6.45) is 3.62. The van der Waals surface area contributed by atoms with Crippen LogP contribution in [0.5, 0.6) is 0 Å². The molecule has 1 rings (SSSR count). The van der Waals surface area contributed by atoms with E-state index in [1.807, 2.05) is 0 Å². The van der Waals surface area contributed by atoms with Crippen LogP contribution in [0.2, 0.25) is 0 Å². The largest absolute Gasteiger partial charge is 0.385 e. The fourth-order valence-electron chi connectivity index (χ4n) is 1.31. The molecule has 0 aromatic rings. The highest BCUT2D eigenvalue weighted by molar-refractivity contribution is 5.85. The summed E-state index contributed by atoms with van der Waals surface area (Å²) in [4.78, 5) is 0. The molecule has 2 N–H and O–H groups in total. The third-order valence-corrected chi connectivity index (χ3v) is 2.00. The van der Waals surface area contributed by atoms with Crippen LogP contribution in [0.25, 0.3) is 0 Å². The van der Waals surface area contributed by atoms with E-state index in [1.165, 1.54) is 19.3 Å². The van der Waals surface area contributed by atoms with Gasteiger partial charge in [-0.1, -0.05) is 0 Å². The lowest BCUT2D eigenvalue weighted by atomic mass is 9.79. The Balaban J connectivity index is 0.000000810. The maximum Gasteiger partial charge on any atom is 0.0464 e. The standard InChI is InChI=1S/C7H15NO.ClH/c1-9-3-2-6-4-7(8)5-6;/h6-7H,2-5,8H2,1H3;1H. The van der Waals surface area contributed by atoms with Crippen LogP contribution in [0.15, 0.2) is 0 Å². The Morgan fingerprint density at radius 3 is 2.50 bits per heavy atom. The maximum absolute atomic E-state index is 5.60. The average Bonchev–Trinajstić information content (AvgIpc) is 1.78. The monoisotopic (exact) mass is 165 g/mol. The Hall–Kier alpha value is 0.210. The summed E-state index contributed by atoms with van der Waals surface area (Å²) < 4.78 is 4.94. The Bertz CT molecular complexity index is 83.7. The SMILES string of the molecule is COCCC1CC(N)C1.Cl. The van der Waals surface area contributed by atoms with E-state index in [9.17, 15) is 0 Å². The summed E-state index contributed by atoms with van der Waals surface area (Å²) in [7, 11) is 1.75. The van der Waals surface area contributed by atoms with Crippen molar-refractivity contribution in [2.45, 2.75) is 25.3 Å². The molecule has 2 nitrogen and oxygen atoms in total. The van der Waals surface area contributed by atoms with Gasteiger partial charge >= 0.3 is 0 Å². The third-order valence-electron chi connectivity index (χ3n) is 2.00. The Kier molecular flexibility index (Phi) is 5.04. The molecule has 0 bridgehead atoms. The molecule has 0 aromatic carbocycles. The lowest BCUT2D eigenvalue weighted by molar-refractivity contribution is 0.144. The minimum absolute atomic E-state index is 0. The molecule has 0 aromatic heterocycles. The molecule has 0 heterocycles. The molecule has 0 saturated heterocycles. The molecule has 0 unspecified atom stereocenters. The molecule has 1 fully saturated rings. The van der Waals surface area contributed by atoms with Crippen LogP contribution in [-0.2, 0) is 4.74 Å². The number of ether oxygens (including phenoxy) is 1. The molecule has 1 saturated carbocycles. The van der Waals surface area contributed by atoms with Gasteiger partial charge in [0.1, 0.15) is 0 Å². The highest BCUT2D eigenvalue weighted by Gasteiger charge is 2.24. The Labute approximate surface area is 68.5 Å². The highest BCUT2D eigenvalue weighted by Crippen LogP contribution is 2.28. The summed E-state index contributed by atoms with van der Waals surface area (Å²) in [5, 5.41) is 0. The second-order valence-corrected chi connectivity index (χ2v) is 2.88. The number of methoxy groups -OCH3 is 1. The van der Waals surface area contributed by atoms with E-state index in [2.05, 4.69) is 0 Å². The van der Waals surface area contributed by atoms with Crippen molar-refractivity contribution >= 4 is 12.4 Å². The van der Waals surface area contributed by atoms with Crippen LogP contribution in [0.4, 0.5) is 0 Å². The molecule has 0 atom stereocenters. The van der Waals surface area contributed by atoms with Gasteiger partial charge in [-0.2, -0.15) is 0 Å². The number of nitrogens with two attached hydrogens (primary N) is 1. The van der Waals surface area contributed by atoms with Crippen LogP contribution in [-0.4, -0.2) is 19.8 Å². The van der Waals surface area contributed by atoms with Crippen molar-refractivity contribution in [3.8, 4) is 0 Å². The van der Waals surface area contributed by atoms with Gasteiger partial charge in [-0.25, -0.2) is 0 Å². The van der Waals surface area contributed by atoms with E-state index in [0.717, 1.165) is 12.5 Å². The molecular formula is C7H16ClNO. The van der Waals surface area contributed by atoms with Gasteiger partial charge < -0.3 is 10.5 Å². The van der Waals surface area contributed by atoms with E-state index < -0.39 is 0 Å². The van der Waals surface area contributed by atoms with Gasteiger partial charge in [-0.15, -0.1) is 12.4 Å². The molecule has 10 heavy (non-hydrogen) atoms. The summed E-state index contributed by atoms with van der Waals surface area (Å²) >= 11 is 0. The van der Waals surface area contributed by atoms with E-state index in [4.69, 9.17) is 10.5 Å². The lowest BCUT2D eigenvalue weighted by Crippen LogP contribution is -2.36. The molecule has 1 aliphatic carbocycles. The first-order valence-electron chi connectivity index (χ1n) is 3.57. The zero-order chi connectivity index (χ0) is 6.69. The molecule has 0 aliphatic heterocycles. The molecule has 62 valence electrons. The van der Waals surface area contributed by atoms with E-state index in [1.54, 1.807) is 7.11 Å². The van der Waals surface area contributed by atoms with Gasteiger partial charge in [-0.3, -0.25) is 0 Å². The van der Waals surface area contributed by atoms with E-state index in [-0.39, 0.29) is 12.4 Å². The molecule has 1 aliphatic rings. The van der Waals surface area contributed by atoms with Crippen molar-refractivity contribution in [3.05, 3.63) is 0 Å². The van der Waals surface area contributed by atoms with Gasteiger partial charge in [0, 0.05) is 19.8 Å². The van der Waals surface area contributed by atoms with Gasteiger partial charge in [0.15, 0.2) is 0 Å². The number of hydrogen-bond donors (Lipinski definition) is 1. The Morgan fingerprint density at radius 1 is 1.50 bits per heavy atom. The summed E-state index contributed by atoms with van der Waals surface area (Å²) in [6, 6.07) is 0.492. The Morgan fingerprint density at radius 2 is 2.10 bits per heavy atom. The fourth-order valence-corrected chi connectivity index (χ4v) is 1.31. The van der Waals surface area contributed by atoms with Gasteiger partial charge in [-0.05, 0) is 25.2 Å². The lowest BCUT2D eigenvalue weighted by Gasteiger charge is -2.32. The molecule has 0 radical (unpaired) electrons. The smallest absolute Gasteiger partial charge is 0.0464 e. The van der Waals surface area contributed by atoms with E-state index >= 15 is 0 Å². The van der Waals surface area contributed by atoms with Crippen LogP contribution in [0.1, 0.15) is 19.3 Å². The van der Waals surface area contributed by atoms with Gasteiger partial charge in [0.2, 0.25) is 0 Å². The van der Waals surface area contributed by atoms with Gasteiger partial charge in [0.25, 0.3) is 0 Å². The van der Waals surface area contributed by atoms with Crippen molar-refractivity contribution in [2.24, 2.45) is 11.7 Å². The predicted molar refractivity (Wildman–Crippen MR) is 44.4 cm³/mol. The topological polar surface area (TPSA) is 35.2 Å². The number of halogens is 1. The third kappa shape index (κ3) is 2.86. The molecule has 0 amide bonds. The maximum atomic E-state index is 5.60. The first-order valence-corrected chi connectivity index (χ1v) is 3.57. The zero-order valence-electron chi connectivity index (χ0n) is 6.38. The molecule has 3 heteroatoms. The summed E-state index contributed by atoms with van der Waals surface area (Å²) in [5.41, 5.74) is 5.60. The molecular weight excluding hydrogens is 150 g/mol. The normalized spacial score (nSPS) is 30.6. The first-order chi connectivity index (χ1) is 4.33. The van der Waals surface area contributed by atoms with Crippen LogP contribution >= 0.6 is 12.4 Å². The van der Waals surface area contributed by atoms with Crippen molar-refractivity contribution in [1.29, 1.82) is 0 Å². The van der Waals surface area contributed by atoms with Crippen molar-refractivity contribution in [2.75, 3.05) is 13.7 Å². The van der Waals surface area contributed by atoms with Crippen molar-refractivity contribution in [3.63, 3.8) is 0 Å². The quantitative estimate of drug-likeness (QED) is 0.682. The first kappa shape index (κ1) is 10.2. The van der Waals surface area contributed by atoms with Crippen LogP contribution in [0, 0.1) is 5.92 Å². The second kappa shape index (κ2) is 4.94. The van der Waals surface area contributed by atoms with Crippen molar-refractivity contribution < 1.29 is 4.74 Å². The minimum Gasteiger partial charge on any atom is -0.385 e. The number of rotatable bonds is 3. The molecule has 0 spiro atoms. The average molecular weight is 166 g/mol. The number of hydrogen-bond acceptors (Lipinski definition) is 2. The minimum atomic E-state index is 0. The van der Waals surface area contributed by atoms with E-state index in [0.29, 0.717) is 6.04 Å². The van der Waals surface area contributed by atoms with Crippen LogP contribution < -0.4 is 5.73 Å². The van der Waals surface area contributed by atoms with Crippen molar-refractivity contribution in [1.82, 2.24) is 0 Å². The predicted octanol–water partition coefficient (Wildman–Crippen LogP) is 1.18. The fraction of sp³-hybridized carbons (Fsp3) is 1.00.